The summed E-state index contributed by atoms with van der Waals surface area (Å²) in [5.41, 5.74) is -4.12. The van der Waals surface area contributed by atoms with Crippen LogP contribution in [0.4, 0.5) is 0 Å². The molecule has 0 aromatic heterocycles. The van der Waals surface area contributed by atoms with Crippen LogP contribution in [0.3, 0.4) is 0 Å². The largest absolute Gasteiger partial charge is 0.462 e. The quantitative estimate of drug-likeness (QED) is 0.226. The van der Waals surface area contributed by atoms with E-state index in [4.69, 9.17) is 28.4 Å². The van der Waals surface area contributed by atoms with Gasteiger partial charge < -0.3 is 33.5 Å². The predicted molar refractivity (Wildman–Crippen MR) is 134 cm³/mol. The van der Waals surface area contributed by atoms with Gasteiger partial charge >= 0.3 is 29.8 Å². The highest BCUT2D eigenvalue weighted by molar-refractivity contribution is 5.78. The minimum atomic E-state index is -2.12. The lowest BCUT2D eigenvalue weighted by atomic mass is 9.53. The lowest BCUT2D eigenvalue weighted by Crippen LogP contribution is -2.69. The Morgan fingerprint density at radius 2 is 1.43 bits per heavy atom. The van der Waals surface area contributed by atoms with Crippen LogP contribution in [0.1, 0.15) is 68.2 Å². The molecule has 2 heterocycles. The number of carbonyl (C=O) groups is 5. The number of hydrogen-bond acceptors (Lipinski definition) is 12. The van der Waals surface area contributed by atoms with E-state index in [0.717, 1.165) is 0 Å². The Balaban J connectivity index is 2.06. The van der Waals surface area contributed by atoms with Gasteiger partial charge in [0.2, 0.25) is 0 Å². The van der Waals surface area contributed by atoms with Crippen LogP contribution in [-0.4, -0.2) is 82.8 Å². The number of carbonyl (C=O) groups excluding carboxylic acids is 5. The van der Waals surface area contributed by atoms with Crippen LogP contribution < -0.4 is 0 Å². The molecule has 0 spiro atoms. The van der Waals surface area contributed by atoms with Gasteiger partial charge in [0, 0.05) is 46.5 Å². The maximum absolute atomic E-state index is 13.0. The van der Waals surface area contributed by atoms with Crippen LogP contribution in [0.15, 0.2) is 11.6 Å². The maximum atomic E-state index is 13.0. The van der Waals surface area contributed by atoms with E-state index in [1.54, 1.807) is 20.8 Å². The highest BCUT2D eigenvalue weighted by Gasteiger charge is 2.78. The Bertz CT molecular complexity index is 1150. The number of aliphatic hydroxyl groups is 1. The highest BCUT2D eigenvalue weighted by atomic mass is 16.6. The molecule has 0 bridgehead atoms. The number of esters is 5. The van der Waals surface area contributed by atoms with Crippen molar-refractivity contribution in [2.24, 2.45) is 17.3 Å². The normalized spacial score (nSPS) is 45.2. The lowest BCUT2D eigenvalue weighted by molar-refractivity contribution is -0.235. The van der Waals surface area contributed by atoms with E-state index < -0.39 is 94.9 Å². The van der Waals surface area contributed by atoms with Crippen molar-refractivity contribution in [1.29, 1.82) is 0 Å². The third-order valence-electron chi connectivity index (χ3n) is 9.15. The van der Waals surface area contributed by atoms with Gasteiger partial charge in [-0.3, -0.25) is 24.0 Å². The molecule has 3 fully saturated rings. The lowest BCUT2D eigenvalue weighted by Gasteiger charge is -2.55. The molecule has 0 aromatic carbocycles. The molecule has 12 nitrogen and oxygen atoms in total. The van der Waals surface area contributed by atoms with Crippen molar-refractivity contribution in [3.05, 3.63) is 11.6 Å². The van der Waals surface area contributed by atoms with Crippen LogP contribution in [-0.2, 0) is 52.4 Å². The molecule has 12 heteroatoms. The molecule has 2 aliphatic heterocycles. The smallest absolute Gasteiger partial charge is 0.312 e. The standard InChI is InChI=1S/C28H38O12/c1-12-9-22-28(34,13(2)25(33)39-22)24(38-17(6)32)23-26(7,19(36-15(4)30)10-18(12)35-14(3)29)20(37-16(5)31)11-21-27(23,8)40-21/h9,13,18-24,34H,10-11H2,1-8H3/b12-9-/t13-,18?,19+,20-,21-,22-,23+,24?,26-,27-,28-/m0/s1. The molecular formula is C28H38O12. The van der Waals surface area contributed by atoms with E-state index in [1.165, 1.54) is 40.7 Å². The fourth-order valence-corrected chi connectivity index (χ4v) is 7.14. The summed E-state index contributed by atoms with van der Waals surface area (Å²) in [6, 6.07) is 0. The molecular weight excluding hydrogens is 528 g/mol. The van der Waals surface area contributed by atoms with Gasteiger partial charge in [-0.05, 0) is 32.4 Å². The van der Waals surface area contributed by atoms with Crippen molar-refractivity contribution in [2.45, 2.75) is 116 Å². The first-order chi connectivity index (χ1) is 18.5. The Morgan fingerprint density at radius 1 is 0.900 bits per heavy atom. The van der Waals surface area contributed by atoms with Crippen molar-refractivity contribution in [3.8, 4) is 0 Å². The molecule has 2 unspecified atom stereocenters. The number of ether oxygens (including phenoxy) is 6. The molecule has 1 saturated carbocycles. The zero-order chi connectivity index (χ0) is 29.9. The van der Waals surface area contributed by atoms with Crippen LogP contribution in [0.5, 0.6) is 0 Å². The molecule has 4 rings (SSSR count). The molecule has 11 atom stereocenters. The highest BCUT2D eigenvalue weighted by Crippen LogP contribution is 2.64. The van der Waals surface area contributed by atoms with Crippen molar-refractivity contribution in [2.75, 3.05) is 0 Å². The first-order valence-corrected chi connectivity index (χ1v) is 13.4. The van der Waals surface area contributed by atoms with Gasteiger partial charge in [-0.1, -0.05) is 6.92 Å². The van der Waals surface area contributed by atoms with E-state index >= 15 is 0 Å². The number of rotatable bonds is 4. The predicted octanol–water partition coefficient (Wildman–Crippen LogP) is 1.54. The SMILES string of the molecule is CC(=O)OC1C[C@@H](OC(C)=O)[C@@]2(C)[C@@H](OC(C)=O)C[C@@H]3O[C@]3(C)[C@@H]2C(OC(C)=O)[C@@]2(O)[C@H](/C=C\1C)OC(=O)[C@@H]2C. The van der Waals surface area contributed by atoms with E-state index in [1.807, 2.05) is 0 Å². The summed E-state index contributed by atoms with van der Waals surface area (Å²) in [5.74, 6) is -5.46. The molecule has 222 valence electrons. The fourth-order valence-electron chi connectivity index (χ4n) is 7.14. The summed E-state index contributed by atoms with van der Waals surface area (Å²) in [4.78, 5) is 62.6. The van der Waals surface area contributed by atoms with Crippen LogP contribution >= 0.6 is 0 Å². The molecule has 40 heavy (non-hydrogen) atoms. The van der Waals surface area contributed by atoms with Gasteiger partial charge in [0.05, 0.1) is 23.0 Å². The molecule has 1 N–H and O–H groups in total. The Kier molecular flexibility index (Phi) is 7.59. The zero-order valence-corrected chi connectivity index (χ0v) is 24.0. The second-order valence-electron chi connectivity index (χ2n) is 11.8. The van der Waals surface area contributed by atoms with Crippen molar-refractivity contribution >= 4 is 29.8 Å². The summed E-state index contributed by atoms with van der Waals surface area (Å²) in [6.45, 7) is 11.5. The van der Waals surface area contributed by atoms with Crippen LogP contribution in [0.25, 0.3) is 0 Å². The van der Waals surface area contributed by atoms with Crippen molar-refractivity contribution in [3.63, 3.8) is 0 Å². The van der Waals surface area contributed by atoms with E-state index in [2.05, 4.69) is 0 Å². The van der Waals surface area contributed by atoms with Gasteiger partial charge in [-0.25, -0.2) is 0 Å². The second-order valence-corrected chi connectivity index (χ2v) is 11.8. The van der Waals surface area contributed by atoms with Gasteiger partial charge in [0.25, 0.3) is 0 Å². The summed E-state index contributed by atoms with van der Waals surface area (Å²) >= 11 is 0. The topological polar surface area (TPSA) is 164 Å². The van der Waals surface area contributed by atoms with Gasteiger partial charge in [-0.15, -0.1) is 0 Å². The van der Waals surface area contributed by atoms with Gasteiger partial charge in [0.15, 0.2) is 11.7 Å². The van der Waals surface area contributed by atoms with Gasteiger partial charge in [-0.2, -0.15) is 0 Å². The zero-order valence-electron chi connectivity index (χ0n) is 24.0. The van der Waals surface area contributed by atoms with Crippen LogP contribution in [0.2, 0.25) is 0 Å². The summed E-state index contributed by atoms with van der Waals surface area (Å²) in [5, 5.41) is 12.5. The summed E-state index contributed by atoms with van der Waals surface area (Å²) in [6.07, 6.45) is -4.52. The Hall–Kier alpha value is -2.99. The third-order valence-corrected chi connectivity index (χ3v) is 9.15. The molecule has 0 radical (unpaired) electrons. The summed E-state index contributed by atoms with van der Waals surface area (Å²) in [7, 11) is 0. The van der Waals surface area contributed by atoms with Crippen molar-refractivity contribution < 1.29 is 57.5 Å². The minimum absolute atomic E-state index is 0.0611. The molecule has 0 aromatic rings. The first kappa shape index (κ1) is 30.0. The third kappa shape index (κ3) is 4.78. The number of fused-ring (bicyclic) bond motifs is 4. The summed E-state index contributed by atoms with van der Waals surface area (Å²) < 4.78 is 35.0. The molecule has 2 saturated heterocycles. The first-order valence-electron chi connectivity index (χ1n) is 13.4. The van der Waals surface area contributed by atoms with E-state index in [0.29, 0.717) is 5.57 Å². The average Bonchev–Trinajstić information content (AvgIpc) is 3.42. The molecule has 4 aliphatic rings. The maximum Gasteiger partial charge on any atom is 0.312 e. The van der Waals surface area contributed by atoms with E-state index in [-0.39, 0.29) is 12.8 Å². The number of hydrogen-bond donors (Lipinski definition) is 1. The minimum Gasteiger partial charge on any atom is -0.462 e. The fraction of sp³-hybridized carbons (Fsp3) is 0.750. The Morgan fingerprint density at radius 3 is 1.95 bits per heavy atom. The second kappa shape index (κ2) is 10.1. The van der Waals surface area contributed by atoms with Crippen LogP contribution in [0, 0.1) is 17.3 Å². The molecule has 0 amide bonds. The van der Waals surface area contributed by atoms with Gasteiger partial charge in [0.1, 0.15) is 24.4 Å². The van der Waals surface area contributed by atoms with Crippen molar-refractivity contribution in [1.82, 2.24) is 0 Å². The Labute approximate surface area is 232 Å². The monoisotopic (exact) mass is 566 g/mol. The van der Waals surface area contributed by atoms with E-state index in [9.17, 15) is 29.1 Å². The molecule has 2 aliphatic carbocycles. The number of epoxide rings is 1. The average molecular weight is 567 g/mol.